The normalized spacial score (nSPS) is 12.8. The van der Waals surface area contributed by atoms with Crippen molar-refractivity contribution in [2.75, 3.05) is 6.54 Å². The molecule has 0 radical (unpaired) electrons. The topological polar surface area (TPSA) is 29.1 Å². The summed E-state index contributed by atoms with van der Waals surface area (Å²) in [4.78, 5) is 11.1. The fourth-order valence-corrected chi connectivity index (χ4v) is 0.501. The second kappa shape index (κ2) is 3.37. The molecule has 12 heavy (non-hydrogen) atoms. The summed E-state index contributed by atoms with van der Waals surface area (Å²) in [6.45, 7) is 5.21. The number of halogens is 2. The predicted molar refractivity (Wildman–Crippen MR) is 43.1 cm³/mol. The van der Waals surface area contributed by atoms with Crippen LogP contribution in [0.15, 0.2) is 0 Å². The Morgan fingerprint density at radius 1 is 1.25 bits per heavy atom. The van der Waals surface area contributed by atoms with Gasteiger partial charge in [-0.15, -0.1) is 0 Å². The van der Waals surface area contributed by atoms with Crippen molar-refractivity contribution in [2.45, 2.75) is 33.6 Å². The van der Waals surface area contributed by atoms with Gasteiger partial charge in [0.15, 0.2) is 0 Å². The molecule has 1 N–H and O–H groups in total. The molecule has 0 aliphatic heterocycles. The van der Waals surface area contributed by atoms with Crippen molar-refractivity contribution < 1.29 is 13.6 Å². The number of rotatable bonds is 2. The molecular formula is C8H15F2NO. The lowest BCUT2D eigenvalue weighted by Gasteiger charge is -2.19. The third-order valence-electron chi connectivity index (χ3n) is 1.24. The number of carbonyl (C=O) groups excluding carboxylic acids is 1. The maximum atomic E-state index is 12.3. The van der Waals surface area contributed by atoms with E-state index < -0.39 is 17.9 Å². The second-order valence-corrected chi connectivity index (χ2v) is 4.00. The maximum absolute atomic E-state index is 12.3. The van der Waals surface area contributed by atoms with Crippen LogP contribution in [0.4, 0.5) is 8.78 Å². The molecule has 0 aliphatic carbocycles. The van der Waals surface area contributed by atoms with E-state index in [1.165, 1.54) is 0 Å². The first-order valence-electron chi connectivity index (χ1n) is 3.79. The van der Waals surface area contributed by atoms with Crippen LogP contribution in [0, 0.1) is 5.41 Å². The molecule has 0 atom stereocenters. The third-order valence-corrected chi connectivity index (χ3v) is 1.24. The zero-order chi connectivity index (χ0) is 9.99. The van der Waals surface area contributed by atoms with Crippen LogP contribution in [-0.4, -0.2) is 18.4 Å². The Morgan fingerprint density at radius 2 is 1.67 bits per heavy atom. The monoisotopic (exact) mass is 179 g/mol. The number of nitrogens with one attached hydrogen (secondary N) is 1. The molecule has 0 fully saturated rings. The van der Waals surface area contributed by atoms with Crippen LogP contribution < -0.4 is 5.32 Å². The molecule has 2 nitrogen and oxygen atoms in total. The van der Waals surface area contributed by atoms with E-state index in [0.717, 1.165) is 6.92 Å². The van der Waals surface area contributed by atoms with Crippen LogP contribution in [0.25, 0.3) is 0 Å². The van der Waals surface area contributed by atoms with Crippen LogP contribution in [0.1, 0.15) is 27.7 Å². The smallest absolute Gasteiger partial charge is 0.262 e. The fraction of sp³-hybridized carbons (Fsp3) is 0.875. The van der Waals surface area contributed by atoms with Crippen molar-refractivity contribution in [1.82, 2.24) is 5.32 Å². The number of amides is 1. The molecule has 0 rings (SSSR count). The quantitative estimate of drug-likeness (QED) is 0.688. The van der Waals surface area contributed by atoms with Gasteiger partial charge < -0.3 is 5.32 Å². The van der Waals surface area contributed by atoms with Gasteiger partial charge >= 0.3 is 0 Å². The van der Waals surface area contributed by atoms with E-state index >= 15 is 0 Å². The Balaban J connectivity index is 3.90. The van der Waals surface area contributed by atoms with Gasteiger partial charge in [0.05, 0.1) is 6.54 Å². The van der Waals surface area contributed by atoms with Crippen LogP contribution in [0.2, 0.25) is 0 Å². The van der Waals surface area contributed by atoms with Gasteiger partial charge in [-0.05, 0) is 0 Å². The van der Waals surface area contributed by atoms with Gasteiger partial charge in [-0.25, -0.2) is 8.78 Å². The van der Waals surface area contributed by atoms with E-state index in [1.807, 2.05) is 0 Å². The van der Waals surface area contributed by atoms with Crippen LogP contribution in [0.5, 0.6) is 0 Å². The van der Waals surface area contributed by atoms with E-state index in [1.54, 1.807) is 20.8 Å². The standard InChI is InChI=1S/C8H15F2NO/c1-7(2,3)6(12)11-5-8(4,9)10/h5H2,1-4H3,(H,11,12). The first kappa shape index (κ1) is 11.3. The molecule has 0 aromatic rings. The van der Waals surface area contributed by atoms with Gasteiger partial charge in [0.1, 0.15) is 0 Å². The Hall–Kier alpha value is -0.670. The maximum Gasteiger partial charge on any atom is 0.262 e. The summed E-state index contributed by atoms with van der Waals surface area (Å²) in [5.41, 5.74) is -0.606. The highest BCUT2D eigenvalue weighted by atomic mass is 19.3. The first-order valence-corrected chi connectivity index (χ1v) is 3.79. The molecule has 0 aliphatic rings. The Morgan fingerprint density at radius 3 is 1.92 bits per heavy atom. The molecule has 0 aromatic heterocycles. The minimum atomic E-state index is -2.83. The van der Waals surface area contributed by atoms with Crippen molar-refractivity contribution in [3.05, 3.63) is 0 Å². The Kier molecular flexibility index (Phi) is 3.18. The van der Waals surface area contributed by atoms with Crippen molar-refractivity contribution in [3.63, 3.8) is 0 Å². The SMILES string of the molecule is CC(F)(F)CNC(=O)C(C)(C)C. The van der Waals surface area contributed by atoms with Gasteiger partial charge in [-0.2, -0.15) is 0 Å². The molecule has 0 aromatic carbocycles. The molecular weight excluding hydrogens is 164 g/mol. The van der Waals surface area contributed by atoms with E-state index in [9.17, 15) is 13.6 Å². The van der Waals surface area contributed by atoms with Crippen molar-refractivity contribution in [1.29, 1.82) is 0 Å². The molecule has 0 bridgehead atoms. The van der Waals surface area contributed by atoms with Crippen molar-refractivity contribution >= 4 is 5.91 Å². The zero-order valence-corrected chi connectivity index (χ0v) is 7.87. The van der Waals surface area contributed by atoms with Gasteiger partial charge in [0.2, 0.25) is 5.91 Å². The van der Waals surface area contributed by atoms with Crippen LogP contribution in [-0.2, 0) is 4.79 Å². The fourth-order valence-electron chi connectivity index (χ4n) is 0.501. The summed E-state index contributed by atoms with van der Waals surface area (Å²) in [6.07, 6.45) is 0. The summed E-state index contributed by atoms with van der Waals surface area (Å²) in [7, 11) is 0. The van der Waals surface area contributed by atoms with Gasteiger partial charge in [0.25, 0.3) is 5.92 Å². The molecule has 4 heteroatoms. The van der Waals surface area contributed by atoms with E-state index in [4.69, 9.17) is 0 Å². The molecule has 0 spiro atoms. The van der Waals surface area contributed by atoms with Crippen molar-refractivity contribution in [3.8, 4) is 0 Å². The number of carbonyl (C=O) groups is 1. The molecule has 0 saturated heterocycles. The Labute approximate surface area is 71.3 Å². The highest BCUT2D eigenvalue weighted by Crippen LogP contribution is 2.14. The van der Waals surface area contributed by atoms with Crippen LogP contribution in [0.3, 0.4) is 0 Å². The van der Waals surface area contributed by atoms with Crippen molar-refractivity contribution in [2.24, 2.45) is 5.41 Å². The molecule has 0 saturated carbocycles. The summed E-state index contributed by atoms with van der Waals surface area (Å²) in [6, 6.07) is 0. The summed E-state index contributed by atoms with van der Waals surface area (Å²) < 4.78 is 24.5. The number of hydrogen-bond acceptors (Lipinski definition) is 1. The van der Waals surface area contributed by atoms with Gasteiger partial charge in [-0.3, -0.25) is 4.79 Å². The lowest BCUT2D eigenvalue weighted by molar-refractivity contribution is -0.130. The molecule has 72 valence electrons. The second-order valence-electron chi connectivity index (χ2n) is 4.00. The van der Waals surface area contributed by atoms with E-state index in [2.05, 4.69) is 5.32 Å². The largest absolute Gasteiger partial charge is 0.350 e. The van der Waals surface area contributed by atoms with Crippen LogP contribution >= 0.6 is 0 Å². The van der Waals surface area contributed by atoms with E-state index in [0.29, 0.717) is 0 Å². The molecule has 1 amide bonds. The average molecular weight is 179 g/mol. The minimum absolute atomic E-state index is 0.357. The summed E-state index contributed by atoms with van der Waals surface area (Å²) >= 11 is 0. The van der Waals surface area contributed by atoms with E-state index in [-0.39, 0.29) is 5.91 Å². The number of hydrogen-bond donors (Lipinski definition) is 1. The molecule has 0 heterocycles. The highest BCUT2D eigenvalue weighted by molar-refractivity contribution is 5.81. The summed E-state index contributed by atoms with van der Waals surface area (Å²) in [5, 5.41) is 2.17. The summed E-state index contributed by atoms with van der Waals surface area (Å²) in [5.74, 6) is -3.19. The lowest BCUT2D eigenvalue weighted by Crippen LogP contribution is -2.40. The zero-order valence-electron chi connectivity index (χ0n) is 7.87. The number of alkyl halides is 2. The minimum Gasteiger partial charge on any atom is -0.350 e. The highest BCUT2D eigenvalue weighted by Gasteiger charge is 2.26. The molecule has 0 unspecified atom stereocenters. The first-order chi connectivity index (χ1) is 5.13. The lowest BCUT2D eigenvalue weighted by atomic mass is 9.96. The third kappa shape index (κ3) is 5.04. The van der Waals surface area contributed by atoms with Gasteiger partial charge in [0, 0.05) is 12.3 Å². The average Bonchev–Trinajstić information content (AvgIpc) is 1.78. The Bertz CT molecular complexity index is 167. The predicted octanol–water partition coefficient (Wildman–Crippen LogP) is 1.80. The van der Waals surface area contributed by atoms with Gasteiger partial charge in [-0.1, -0.05) is 20.8 Å².